The van der Waals surface area contributed by atoms with Gasteiger partial charge in [-0.1, -0.05) is 48.5 Å². The van der Waals surface area contributed by atoms with Gasteiger partial charge in [-0.25, -0.2) is 9.69 Å². The summed E-state index contributed by atoms with van der Waals surface area (Å²) in [5.41, 5.74) is 0.839. The lowest BCUT2D eigenvalue weighted by atomic mass is 10.1. The highest BCUT2D eigenvalue weighted by molar-refractivity contribution is 6.11. The van der Waals surface area contributed by atoms with Gasteiger partial charge < -0.3 is 4.74 Å². The molecule has 2 aromatic rings. The van der Waals surface area contributed by atoms with E-state index in [9.17, 15) is 14.4 Å². The van der Waals surface area contributed by atoms with Crippen LogP contribution in [0.1, 0.15) is 22.8 Å². The molecule has 0 atom stereocenters. The van der Waals surface area contributed by atoms with E-state index in [0.29, 0.717) is 11.1 Å². The van der Waals surface area contributed by atoms with Crippen LogP contribution in [0.4, 0.5) is 0 Å². The summed E-state index contributed by atoms with van der Waals surface area (Å²) in [7, 11) is 1.20. The third kappa shape index (κ3) is 3.95. The number of hydrogen-bond acceptors (Lipinski definition) is 4. The molecule has 0 aliphatic rings. The fourth-order valence-electron chi connectivity index (χ4n) is 2.16. The molecular weight excluding hydrogens is 306 g/mol. The van der Waals surface area contributed by atoms with Crippen molar-refractivity contribution in [1.82, 2.24) is 4.90 Å². The lowest BCUT2D eigenvalue weighted by molar-refractivity contribution is -0.140. The Morgan fingerprint density at radius 1 is 0.917 bits per heavy atom. The van der Waals surface area contributed by atoms with E-state index in [2.05, 4.69) is 0 Å². The van der Waals surface area contributed by atoms with E-state index in [1.807, 2.05) is 6.07 Å². The number of esters is 1. The second-order valence-corrected chi connectivity index (χ2v) is 4.96. The van der Waals surface area contributed by atoms with Gasteiger partial charge >= 0.3 is 5.97 Å². The van der Waals surface area contributed by atoms with Crippen LogP contribution in [0.25, 0.3) is 6.08 Å². The summed E-state index contributed by atoms with van der Waals surface area (Å²) < 4.78 is 4.75. The summed E-state index contributed by atoms with van der Waals surface area (Å²) >= 11 is 0. The summed E-state index contributed by atoms with van der Waals surface area (Å²) in [6, 6.07) is 17.2. The Balaban J connectivity index is 2.51. The van der Waals surface area contributed by atoms with Crippen LogP contribution in [0.3, 0.4) is 0 Å². The molecule has 0 spiro atoms. The number of methoxy groups -OCH3 is 1. The average molecular weight is 323 g/mol. The zero-order chi connectivity index (χ0) is 17.5. The Hall–Kier alpha value is -3.21. The first-order valence-electron chi connectivity index (χ1n) is 7.29. The van der Waals surface area contributed by atoms with Gasteiger partial charge in [0, 0.05) is 12.5 Å². The molecule has 2 amide bonds. The molecule has 2 rings (SSSR count). The van der Waals surface area contributed by atoms with Crippen molar-refractivity contribution in [1.29, 1.82) is 0 Å². The molecule has 5 heteroatoms. The maximum absolute atomic E-state index is 12.7. The van der Waals surface area contributed by atoms with Crippen LogP contribution in [0.2, 0.25) is 0 Å². The highest BCUT2D eigenvalue weighted by atomic mass is 16.5. The number of amides is 2. The monoisotopic (exact) mass is 323 g/mol. The average Bonchev–Trinajstić information content (AvgIpc) is 2.61. The van der Waals surface area contributed by atoms with Crippen LogP contribution in [-0.4, -0.2) is 29.8 Å². The Bertz CT molecular complexity index is 766. The predicted octanol–water partition coefficient (Wildman–Crippen LogP) is 2.89. The molecule has 2 aromatic carbocycles. The van der Waals surface area contributed by atoms with E-state index in [1.54, 1.807) is 54.6 Å². The van der Waals surface area contributed by atoms with Gasteiger partial charge in [-0.15, -0.1) is 0 Å². The van der Waals surface area contributed by atoms with Crippen LogP contribution in [-0.2, 0) is 14.3 Å². The number of imide groups is 1. The summed E-state index contributed by atoms with van der Waals surface area (Å²) in [5.74, 6) is -1.93. The van der Waals surface area contributed by atoms with Crippen LogP contribution in [0, 0.1) is 0 Å². The third-order valence-electron chi connectivity index (χ3n) is 3.28. The molecule has 0 bridgehead atoms. The molecule has 0 aromatic heterocycles. The van der Waals surface area contributed by atoms with Crippen molar-refractivity contribution in [2.45, 2.75) is 6.92 Å². The summed E-state index contributed by atoms with van der Waals surface area (Å²) in [6.45, 7) is 1.22. The molecule has 0 aliphatic heterocycles. The van der Waals surface area contributed by atoms with Crippen molar-refractivity contribution in [2.24, 2.45) is 0 Å². The molecule has 0 fully saturated rings. The van der Waals surface area contributed by atoms with E-state index in [0.717, 1.165) is 4.90 Å². The Morgan fingerprint density at radius 3 is 1.96 bits per heavy atom. The smallest absolute Gasteiger partial charge is 0.355 e. The molecule has 5 nitrogen and oxygen atoms in total. The zero-order valence-corrected chi connectivity index (χ0v) is 13.4. The Kier molecular flexibility index (Phi) is 5.63. The van der Waals surface area contributed by atoms with Gasteiger partial charge in [0.05, 0.1) is 7.11 Å². The normalized spacial score (nSPS) is 10.8. The maximum Gasteiger partial charge on any atom is 0.355 e. The molecule has 0 unspecified atom stereocenters. The van der Waals surface area contributed by atoms with E-state index >= 15 is 0 Å². The Labute approximate surface area is 140 Å². The lowest BCUT2D eigenvalue weighted by Crippen LogP contribution is -2.37. The van der Waals surface area contributed by atoms with E-state index in [-0.39, 0.29) is 5.70 Å². The van der Waals surface area contributed by atoms with Crippen molar-refractivity contribution in [3.05, 3.63) is 77.5 Å². The predicted molar refractivity (Wildman–Crippen MR) is 89.7 cm³/mol. The molecule has 0 N–H and O–H groups in total. The molecule has 0 aliphatic carbocycles. The molecule has 0 saturated heterocycles. The third-order valence-corrected chi connectivity index (χ3v) is 3.28. The van der Waals surface area contributed by atoms with Crippen LogP contribution in [0.15, 0.2) is 66.4 Å². The van der Waals surface area contributed by atoms with Crippen molar-refractivity contribution in [2.75, 3.05) is 7.11 Å². The fourth-order valence-corrected chi connectivity index (χ4v) is 2.16. The SMILES string of the molecule is COC(=O)/C(=C\c1ccccc1)N(C(C)=O)C(=O)c1ccccc1. The van der Waals surface area contributed by atoms with Gasteiger partial charge in [-0.2, -0.15) is 0 Å². The van der Waals surface area contributed by atoms with Crippen LogP contribution < -0.4 is 0 Å². The molecule has 0 heterocycles. The van der Waals surface area contributed by atoms with Crippen molar-refractivity contribution < 1.29 is 19.1 Å². The second kappa shape index (κ2) is 7.87. The van der Waals surface area contributed by atoms with E-state index in [4.69, 9.17) is 4.74 Å². The van der Waals surface area contributed by atoms with E-state index < -0.39 is 17.8 Å². The number of nitrogens with zero attached hydrogens (tertiary/aromatic N) is 1. The molecule has 0 radical (unpaired) electrons. The second-order valence-electron chi connectivity index (χ2n) is 4.96. The number of ether oxygens (including phenoxy) is 1. The standard InChI is InChI=1S/C19H17NO4/c1-14(21)20(18(22)16-11-7-4-8-12-16)17(19(23)24-2)13-15-9-5-3-6-10-15/h3-13H,1-2H3/b17-13+. The van der Waals surface area contributed by atoms with Crippen LogP contribution in [0.5, 0.6) is 0 Å². The molecular formula is C19H17NO4. The first kappa shape index (κ1) is 17.1. The van der Waals surface area contributed by atoms with Gasteiger partial charge in [0.2, 0.25) is 5.91 Å². The highest BCUT2D eigenvalue weighted by Crippen LogP contribution is 2.17. The van der Waals surface area contributed by atoms with Gasteiger partial charge in [-0.3, -0.25) is 9.59 Å². The maximum atomic E-state index is 12.7. The van der Waals surface area contributed by atoms with Gasteiger partial charge in [0.1, 0.15) is 5.70 Å². The van der Waals surface area contributed by atoms with E-state index in [1.165, 1.54) is 20.1 Å². The van der Waals surface area contributed by atoms with Crippen LogP contribution >= 0.6 is 0 Å². The summed E-state index contributed by atoms with van der Waals surface area (Å²) in [5, 5.41) is 0. The molecule has 122 valence electrons. The van der Waals surface area contributed by atoms with Gasteiger partial charge in [0.25, 0.3) is 5.91 Å². The number of carbonyl (C=O) groups is 3. The Morgan fingerprint density at radius 2 is 1.46 bits per heavy atom. The number of rotatable bonds is 4. The lowest BCUT2D eigenvalue weighted by Gasteiger charge is -2.21. The van der Waals surface area contributed by atoms with Gasteiger partial charge in [0.15, 0.2) is 0 Å². The van der Waals surface area contributed by atoms with Crippen molar-refractivity contribution in [3.8, 4) is 0 Å². The minimum absolute atomic E-state index is 0.134. The highest BCUT2D eigenvalue weighted by Gasteiger charge is 2.28. The van der Waals surface area contributed by atoms with Gasteiger partial charge in [-0.05, 0) is 23.8 Å². The van der Waals surface area contributed by atoms with Crippen molar-refractivity contribution in [3.63, 3.8) is 0 Å². The number of hydrogen-bond donors (Lipinski definition) is 0. The first-order valence-corrected chi connectivity index (χ1v) is 7.29. The minimum atomic E-state index is -0.765. The topological polar surface area (TPSA) is 63.7 Å². The molecule has 0 saturated carbocycles. The number of benzene rings is 2. The molecule has 24 heavy (non-hydrogen) atoms. The van der Waals surface area contributed by atoms with Crippen molar-refractivity contribution >= 4 is 23.9 Å². The quantitative estimate of drug-likeness (QED) is 0.641. The minimum Gasteiger partial charge on any atom is -0.464 e. The largest absolute Gasteiger partial charge is 0.464 e. The number of carbonyl (C=O) groups excluding carboxylic acids is 3. The summed E-state index contributed by atoms with van der Waals surface area (Å²) in [6.07, 6.45) is 1.45. The fraction of sp³-hybridized carbons (Fsp3) is 0.105. The first-order chi connectivity index (χ1) is 11.5. The summed E-state index contributed by atoms with van der Waals surface area (Å²) in [4.78, 5) is 37.8. The zero-order valence-electron chi connectivity index (χ0n) is 13.4.